The lowest BCUT2D eigenvalue weighted by molar-refractivity contribution is 0.628. The summed E-state index contributed by atoms with van der Waals surface area (Å²) < 4.78 is 12.9. The minimum atomic E-state index is -0.264. The summed E-state index contributed by atoms with van der Waals surface area (Å²) in [5, 5.41) is 0.512. The lowest BCUT2D eigenvalue weighted by atomic mass is 10.1. The minimum Gasteiger partial charge on any atom is -0.339 e. The molecule has 0 radical (unpaired) electrons. The lowest BCUT2D eigenvalue weighted by Gasteiger charge is -1.99. The van der Waals surface area contributed by atoms with Crippen LogP contribution < -0.4 is 5.56 Å². The molecule has 0 atom stereocenters. The van der Waals surface area contributed by atoms with Crippen LogP contribution in [-0.2, 0) is 0 Å². The molecule has 0 unspecified atom stereocenters. The zero-order valence-electron chi connectivity index (χ0n) is 13.0. The van der Waals surface area contributed by atoms with Crippen molar-refractivity contribution < 1.29 is 4.39 Å². The fraction of sp³-hybridized carbons (Fsp3) is 0. The van der Waals surface area contributed by atoms with E-state index in [1.165, 1.54) is 18.5 Å². The van der Waals surface area contributed by atoms with E-state index in [2.05, 4.69) is 19.9 Å². The molecule has 3 heterocycles. The Morgan fingerprint density at radius 2 is 1.84 bits per heavy atom. The number of H-pyrrole nitrogens is 2. The number of aromatic amines is 2. The first-order chi connectivity index (χ1) is 12.2. The quantitative estimate of drug-likeness (QED) is 0.602. The molecule has 0 saturated heterocycles. The number of nitrogens with zero attached hydrogens (tertiary/aromatic N) is 2. The number of fused-ring (bicyclic) bond motifs is 1. The van der Waals surface area contributed by atoms with Gasteiger partial charge in [-0.25, -0.2) is 9.37 Å². The van der Waals surface area contributed by atoms with Crippen molar-refractivity contribution in [3.05, 3.63) is 82.4 Å². The topological polar surface area (TPSA) is 74.4 Å². The molecule has 0 saturated carbocycles. The molecule has 5 nitrogen and oxygen atoms in total. The van der Waals surface area contributed by atoms with E-state index in [0.717, 1.165) is 22.5 Å². The van der Waals surface area contributed by atoms with E-state index in [-0.39, 0.29) is 11.4 Å². The Morgan fingerprint density at radius 3 is 2.64 bits per heavy atom. The van der Waals surface area contributed by atoms with E-state index in [4.69, 9.17) is 0 Å². The van der Waals surface area contributed by atoms with E-state index in [1.807, 2.05) is 24.3 Å². The standard InChI is InChI=1S/C19H13FN4O/c20-14-4-1-12(2-5-14)3-6-15-9-13(7-8-21-15)17-10-16-18(24-17)22-11-23-19(16)25/h1-11H,(H2,22,23,24,25)/b6-3+. The van der Waals surface area contributed by atoms with Gasteiger partial charge in [0.2, 0.25) is 0 Å². The maximum absolute atomic E-state index is 12.9. The van der Waals surface area contributed by atoms with Crippen molar-refractivity contribution >= 4 is 23.2 Å². The van der Waals surface area contributed by atoms with Gasteiger partial charge < -0.3 is 9.97 Å². The van der Waals surface area contributed by atoms with Gasteiger partial charge in [-0.3, -0.25) is 9.78 Å². The molecule has 0 fully saturated rings. The Morgan fingerprint density at radius 1 is 1.00 bits per heavy atom. The molecule has 122 valence electrons. The second-order valence-corrected chi connectivity index (χ2v) is 5.53. The molecular weight excluding hydrogens is 319 g/mol. The van der Waals surface area contributed by atoms with E-state index >= 15 is 0 Å². The third-order valence-electron chi connectivity index (χ3n) is 3.84. The van der Waals surface area contributed by atoms with Gasteiger partial charge in [0.1, 0.15) is 11.5 Å². The largest absolute Gasteiger partial charge is 0.339 e. The summed E-state index contributed by atoms with van der Waals surface area (Å²) in [6.45, 7) is 0. The van der Waals surface area contributed by atoms with Crippen LogP contribution in [0.2, 0.25) is 0 Å². The van der Waals surface area contributed by atoms with Crippen LogP contribution in [0.1, 0.15) is 11.3 Å². The van der Waals surface area contributed by atoms with Crippen LogP contribution in [-0.4, -0.2) is 19.9 Å². The summed E-state index contributed by atoms with van der Waals surface area (Å²) in [4.78, 5) is 25.9. The highest BCUT2D eigenvalue weighted by molar-refractivity contribution is 5.82. The van der Waals surface area contributed by atoms with Crippen molar-refractivity contribution in [2.75, 3.05) is 0 Å². The van der Waals surface area contributed by atoms with Crippen LogP contribution >= 0.6 is 0 Å². The molecule has 6 heteroatoms. The Bertz CT molecular complexity index is 1130. The zero-order valence-corrected chi connectivity index (χ0v) is 13.0. The van der Waals surface area contributed by atoms with Gasteiger partial charge in [-0.2, -0.15) is 0 Å². The van der Waals surface area contributed by atoms with Gasteiger partial charge in [-0.1, -0.05) is 18.2 Å². The highest BCUT2D eigenvalue weighted by Crippen LogP contribution is 2.22. The summed E-state index contributed by atoms with van der Waals surface area (Å²) in [5.74, 6) is -0.264. The summed E-state index contributed by atoms with van der Waals surface area (Å²) >= 11 is 0. The molecule has 1 aromatic carbocycles. The van der Waals surface area contributed by atoms with Gasteiger partial charge in [-0.15, -0.1) is 0 Å². The highest BCUT2D eigenvalue weighted by atomic mass is 19.1. The van der Waals surface area contributed by atoms with Crippen molar-refractivity contribution in [2.24, 2.45) is 0 Å². The molecule has 4 aromatic rings. The number of rotatable bonds is 3. The van der Waals surface area contributed by atoms with Crippen molar-refractivity contribution in [2.45, 2.75) is 0 Å². The first-order valence-electron chi connectivity index (χ1n) is 7.65. The van der Waals surface area contributed by atoms with Crippen molar-refractivity contribution in [1.29, 1.82) is 0 Å². The molecule has 0 aliphatic carbocycles. The van der Waals surface area contributed by atoms with E-state index in [0.29, 0.717) is 11.0 Å². The van der Waals surface area contributed by atoms with E-state index in [1.54, 1.807) is 24.4 Å². The summed E-state index contributed by atoms with van der Waals surface area (Å²) in [6.07, 6.45) is 6.78. The number of hydrogen-bond acceptors (Lipinski definition) is 3. The normalized spacial score (nSPS) is 11.4. The molecule has 0 aliphatic heterocycles. The van der Waals surface area contributed by atoms with Gasteiger partial charge in [0.25, 0.3) is 5.56 Å². The Kier molecular flexibility index (Phi) is 3.70. The fourth-order valence-corrected chi connectivity index (χ4v) is 2.57. The van der Waals surface area contributed by atoms with Crippen molar-refractivity contribution in [3.63, 3.8) is 0 Å². The first kappa shape index (κ1) is 15.0. The van der Waals surface area contributed by atoms with E-state index < -0.39 is 0 Å². The Labute approximate surface area is 141 Å². The average Bonchev–Trinajstić information content (AvgIpc) is 3.07. The van der Waals surface area contributed by atoms with Gasteiger partial charge in [0.05, 0.1) is 17.4 Å². The van der Waals surface area contributed by atoms with Crippen LogP contribution in [0.4, 0.5) is 4.39 Å². The zero-order chi connectivity index (χ0) is 17.2. The predicted molar refractivity (Wildman–Crippen MR) is 95.3 cm³/mol. The van der Waals surface area contributed by atoms with Crippen LogP contribution in [0.5, 0.6) is 0 Å². The van der Waals surface area contributed by atoms with Gasteiger partial charge in [0.15, 0.2) is 0 Å². The number of pyridine rings is 1. The fourth-order valence-electron chi connectivity index (χ4n) is 2.57. The molecular formula is C19H13FN4O. The molecule has 25 heavy (non-hydrogen) atoms. The molecule has 0 bridgehead atoms. The summed E-state index contributed by atoms with van der Waals surface area (Å²) in [6, 6.07) is 11.8. The number of benzene rings is 1. The molecule has 0 aliphatic rings. The molecule has 2 N–H and O–H groups in total. The molecule has 0 spiro atoms. The van der Waals surface area contributed by atoms with Crippen molar-refractivity contribution in [3.8, 4) is 11.3 Å². The van der Waals surface area contributed by atoms with Gasteiger partial charge in [-0.05, 0) is 42.0 Å². The summed E-state index contributed by atoms with van der Waals surface area (Å²) in [5.41, 5.74) is 3.68. The summed E-state index contributed by atoms with van der Waals surface area (Å²) in [7, 11) is 0. The van der Waals surface area contributed by atoms with E-state index in [9.17, 15) is 9.18 Å². The molecule has 4 rings (SSSR count). The maximum atomic E-state index is 12.9. The van der Waals surface area contributed by atoms with Gasteiger partial charge >= 0.3 is 0 Å². The number of hydrogen-bond donors (Lipinski definition) is 2. The maximum Gasteiger partial charge on any atom is 0.260 e. The smallest absolute Gasteiger partial charge is 0.260 e. The number of halogens is 1. The SMILES string of the molecule is O=c1[nH]cnc2[nH]c(-c3ccnc(/C=C/c4ccc(F)cc4)c3)cc12. The van der Waals surface area contributed by atoms with Crippen LogP contribution in [0.15, 0.2) is 59.8 Å². The third kappa shape index (κ3) is 3.10. The number of nitrogens with one attached hydrogen (secondary N) is 2. The molecule has 3 aromatic heterocycles. The minimum absolute atomic E-state index is 0.182. The Hall–Kier alpha value is -3.54. The monoisotopic (exact) mass is 332 g/mol. The predicted octanol–water partition coefficient (Wildman–Crippen LogP) is 3.62. The van der Waals surface area contributed by atoms with Crippen LogP contribution in [0, 0.1) is 5.82 Å². The lowest BCUT2D eigenvalue weighted by Crippen LogP contribution is -2.04. The second-order valence-electron chi connectivity index (χ2n) is 5.53. The van der Waals surface area contributed by atoms with Crippen molar-refractivity contribution in [1.82, 2.24) is 19.9 Å². The third-order valence-corrected chi connectivity index (χ3v) is 3.84. The average molecular weight is 332 g/mol. The van der Waals surface area contributed by atoms with Gasteiger partial charge in [0, 0.05) is 17.5 Å². The molecule has 0 amide bonds. The van der Waals surface area contributed by atoms with Crippen LogP contribution in [0.3, 0.4) is 0 Å². The van der Waals surface area contributed by atoms with Crippen LogP contribution in [0.25, 0.3) is 34.4 Å². The highest BCUT2D eigenvalue weighted by Gasteiger charge is 2.07. The second kappa shape index (κ2) is 6.16. The number of aromatic nitrogens is 4. The Balaban J connectivity index is 1.67. The first-order valence-corrected chi connectivity index (χ1v) is 7.65.